The van der Waals surface area contributed by atoms with Crippen LogP contribution < -0.4 is 5.32 Å². The highest BCUT2D eigenvalue weighted by molar-refractivity contribution is 5.76. The van der Waals surface area contributed by atoms with E-state index < -0.39 is 6.04 Å². The Labute approximate surface area is 144 Å². The van der Waals surface area contributed by atoms with Crippen LogP contribution in [0.25, 0.3) is 0 Å². The van der Waals surface area contributed by atoms with E-state index in [2.05, 4.69) is 36.2 Å². The van der Waals surface area contributed by atoms with Gasteiger partial charge in [-0.3, -0.25) is 10.1 Å². The first-order chi connectivity index (χ1) is 11.6. The number of nitrogens with one attached hydrogen (secondary N) is 1. The van der Waals surface area contributed by atoms with Crippen LogP contribution in [0.15, 0.2) is 73.3 Å². The summed E-state index contributed by atoms with van der Waals surface area (Å²) >= 11 is 0. The third-order valence-corrected chi connectivity index (χ3v) is 3.88. The van der Waals surface area contributed by atoms with Crippen molar-refractivity contribution in [3.8, 4) is 0 Å². The van der Waals surface area contributed by atoms with Crippen molar-refractivity contribution in [3.05, 3.63) is 84.4 Å². The number of benzene rings is 2. The van der Waals surface area contributed by atoms with Crippen molar-refractivity contribution >= 4 is 5.97 Å². The maximum atomic E-state index is 12.4. The number of carbonyl (C=O) groups excluding carboxylic acids is 1. The Bertz CT molecular complexity index is 598. The van der Waals surface area contributed by atoms with Crippen LogP contribution in [0.5, 0.6) is 0 Å². The zero-order valence-corrected chi connectivity index (χ0v) is 14.3. The average Bonchev–Trinajstić information content (AvgIpc) is 2.61. The molecular weight excluding hydrogens is 298 g/mol. The van der Waals surface area contributed by atoms with Gasteiger partial charge in [-0.25, -0.2) is 0 Å². The molecule has 24 heavy (non-hydrogen) atoms. The maximum Gasteiger partial charge on any atom is 0.323 e. The first kappa shape index (κ1) is 18.0. The minimum Gasteiger partial charge on any atom is -0.460 e. The molecule has 3 nitrogen and oxygen atoms in total. The maximum absolute atomic E-state index is 12.4. The minimum atomic E-state index is -0.393. The fraction of sp³-hybridized carbons (Fsp3) is 0.286. The van der Waals surface area contributed by atoms with Gasteiger partial charge in [-0.1, -0.05) is 87.2 Å². The number of hydrogen-bond donors (Lipinski definition) is 1. The highest BCUT2D eigenvalue weighted by Gasteiger charge is 2.27. The highest BCUT2D eigenvalue weighted by Crippen LogP contribution is 2.24. The summed E-state index contributed by atoms with van der Waals surface area (Å²) in [6.07, 6.45) is 1.58. The molecule has 0 amide bonds. The second-order valence-corrected chi connectivity index (χ2v) is 6.06. The van der Waals surface area contributed by atoms with Crippen molar-refractivity contribution in [1.29, 1.82) is 0 Å². The summed E-state index contributed by atoms with van der Waals surface area (Å²) in [6.45, 7) is 7.85. The van der Waals surface area contributed by atoms with Gasteiger partial charge in [0.15, 0.2) is 0 Å². The van der Waals surface area contributed by atoms with Crippen LogP contribution in [-0.4, -0.2) is 18.6 Å². The largest absolute Gasteiger partial charge is 0.460 e. The molecule has 0 aliphatic heterocycles. The van der Waals surface area contributed by atoms with Crippen molar-refractivity contribution < 1.29 is 9.53 Å². The van der Waals surface area contributed by atoms with Crippen LogP contribution in [0.2, 0.25) is 0 Å². The molecule has 2 rings (SSSR count). The zero-order chi connectivity index (χ0) is 17.4. The Balaban J connectivity index is 2.29. The fourth-order valence-corrected chi connectivity index (χ4v) is 2.62. The second kappa shape index (κ2) is 9.04. The van der Waals surface area contributed by atoms with Gasteiger partial charge >= 0.3 is 5.97 Å². The van der Waals surface area contributed by atoms with E-state index >= 15 is 0 Å². The van der Waals surface area contributed by atoms with E-state index in [1.165, 1.54) is 0 Å². The molecule has 0 heterocycles. The minimum absolute atomic E-state index is 0.0731. The van der Waals surface area contributed by atoms with Gasteiger partial charge in [0.05, 0.1) is 6.04 Å². The van der Waals surface area contributed by atoms with Gasteiger partial charge in [-0.05, 0) is 17.0 Å². The molecule has 0 spiro atoms. The summed E-state index contributed by atoms with van der Waals surface area (Å²) in [5.41, 5.74) is 2.23. The van der Waals surface area contributed by atoms with Crippen LogP contribution in [0.1, 0.15) is 31.0 Å². The van der Waals surface area contributed by atoms with E-state index in [-0.39, 0.29) is 24.5 Å². The molecule has 126 valence electrons. The van der Waals surface area contributed by atoms with Crippen molar-refractivity contribution in [2.24, 2.45) is 5.92 Å². The molecule has 0 saturated carbocycles. The van der Waals surface area contributed by atoms with E-state index in [0.717, 1.165) is 11.1 Å². The third kappa shape index (κ3) is 4.80. The predicted molar refractivity (Wildman–Crippen MR) is 97.6 cm³/mol. The summed E-state index contributed by atoms with van der Waals surface area (Å²) in [7, 11) is 0. The molecule has 0 unspecified atom stereocenters. The molecule has 0 radical (unpaired) electrons. The lowest BCUT2D eigenvalue weighted by Gasteiger charge is -2.27. The first-order valence-corrected chi connectivity index (χ1v) is 8.27. The van der Waals surface area contributed by atoms with Gasteiger partial charge in [0, 0.05) is 0 Å². The van der Waals surface area contributed by atoms with Crippen molar-refractivity contribution in [1.82, 2.24) is 5.32 Å². The Morgan fingerprint density at radius 2 is 1.54 bits per heavy atom. The normalized spacial score (nSPS) is 12.2. The topological polar surface area (TPSA) is 38.3 Å². The smallest absolute Gasteiger partial charge is 0.323 e. The Morgan fingerprint density at radius 1 is 1.04 bits per heavy atom. The predicted octanol–water partition coefficient (Wildman–Crippen LogP) is 4.12. The SMILES string of the molecule is C=CCOC(=O)[C@@H](NC(c1ccccc1)c1ccccc1)C(C)C. The molecule has 0 bridgehead atoms. The fourth-order valence-electron chi connectivity index (χ4n) is 2.62. The summed E-state index contributed by atoms with van der Waals surface area (Å²) in [4.78, 5) is 12.4. The molecule has 0 saturated heterocycles. The Hall–Kier alpha value is -2.39. The highest BCUT2D eigenvalue weighted by atomic mass is 16.5. The lowest BCUT2D eigenvalue weighted by Crippen LogP contribution is -2.44. The van der Waals surface area contributed by atoms with Gasteiger partial charge in [0.2, 0.25) is 0 Å². The number of rotatable bonds is 8. The van der Waals surface area contributed by atoms with Gasteiger partial charge in [0.1, 0.15) is 12.6 Å². The quantitative estimate of drug-likeness (QED) is 0.586. The molecular formula is C21H25NO2. The van der Waals surface area contributed by atoms with Gasteiger partial charge in [-0.2, -0.15) is 0 Å². The van der Waals surface area contributed by atoms with Crippen molar-refractivity contribution in [2.75, 3.05) is 6.61 Å². The Morgan fingerprint density at radius 3 is 1.96 bits per heavy atom. The first-order valence-electron chi connectivity index (χ1n) is 8.27. The number of hydrogen-bond acceptors (Lipinski definition) is 3. The van der Waals surface area contributed by atoms with Crippen LogP contribution in [0.3, 0.4) is 0 Å². The summed E-state index contributed by atoms with van der Waals surface area (Å²) in [5.74, 6) is -0.140. The van der Waals surface area contributed by atoms with E-state index in [9.17, 15) is 4.79 Å². The monoisotopic (exact) mass is 323 g/mol. The summed E-state index contributed by atoms with van der Waals surface area (Å²) in [5, 5.41) is 3.49. The average molecular weight is 323 g/mol. The standard InChI is InChI=1S/C21H25NO2/c1-4-15-24-21(23)19(16(2)3)22-20(17-11-7-5-8-12-17)18-13-9-6-10-14-18/h4-14,16,19-20,22H,1,15H2,2-3H3/t19-/m0/s1. The van der Waals surface area contributed by atoms with Crippen LogP contribution in [0.4, 0.5) is 0 Å². The molecule has 1 atom stereocenters. The molecule has 0 aliphatic rings. The van der Waals surface area contributed by atoms with Crippen LogP contribution >= 0.6 is 0 Å². The van der Waals surface area contributed by atoms with Crippen molar-refractivity contribution in [2.45, 2.75) is 25.9 Å². The molecule has 3 heteroatoms. The Kier molecular flexibility index (Phi) is 6.76. The third-order valence-electron chi connectivity index (χ3n) is 3.88. The summed E-state index contributed by atoms with van der Waals surface area (Å²) in [6, 6.07) is 19.8. The van der Waals surface area contributed by atoms with Gasteiger partial charge < -0.3 is 4.74 Å². The van der Waals surface area contributed by atoms with Crippen LogP contribution in [-0.2, 0) is 9.53 Å². The van der Waals surface area contributed by atoms with E-state index in [1.54, 1.807) is 6.08 Å². The van der Waals surface area contributed by atoms with Crippen molar-refractivity contribution in [3.63, 3.8) is 0 Å². The molecule has 2 aromatic carbocycles. The van der Waals surface area contributed by atoms with E-state index in [4.69, 9.17) is 4.74 Å². The second-order valence-electron chi connectivity index (χ2n) is 6.06. The number of ether oxygens (including phenoxy) is 1. The molecule has 0 fully saturated rings. The number of esters is 1. The molecule has 0 aromatic heterocycles. The molecule has 1 N–H and O–H groups in total. The van der Waals surface area contributed by atoms with E-state index in [1.807, 2.05) is 50.2 Å². The lowest BCUT2D eigenvalue weighted by molar-refractivity contribution is -0.146. The zero-order valence-electron chi connectivity index (χ0n) is 14.3. The van der Waals surface area contributed by atoms with Gasteiger partial charge in [-0.15, -0.1) is 0 Å². The molecule has 2 aromatic rings. The van der Waals surface area contributed by atoms with Crippen LogP contribution in [0, 0.1) is 5.92 Å². The summed E-state index contributed by atoms with van der Waals surface area (Å²) < 4.78 is 5.27. The molecule has 0 aliphatic carbocycles. The number of carbonyl (C=O) groups is 1. The van der Waals surface area contributed by atoms with E-state index in [0.29, 0.717) is 0 Å². The lowest BCUT2D eigenvalue weighted by atomic mass is 9.95. The van der Waals surface area contributed by atoms with Gasteiger partial charge in [0.25, 0.3) is 0 Å².